The maximum absolute atomic E-state index is 12.6. The number of anilines is 1. The van der Waals surface area contributed by atoms with Crippen LogP contribution < -0.4 is 14.8 Å². The van der Waals surface area contributed by atoms with Gasteiger partial charge in [0.2, 0.25) is 11.8 Å². The van der Waals surface area contributed by atoms with E-state index in [2.05, 4.69) is 15.5 Å². The predicted molar refractivity (Wildman–Crippen MR) is 98.4 cm³/mol. The molecule has 2 heterocycles. The largest absolute Gasteiger partial charge is 0.493 e. The zero-order valence-electron chi connectivity index (χ0n) is 15.6. The molecular formula is C19H24N4O4. The first-order chi connectivity index (χ1) is 13.2. The number of ether oxygens (including phenoxy) is 2. The zero-order chi connectivity index (χ0) is 18.8. The lowest BCUT2D eigenvalue weighted by Gasteiger charge is -2.30. The van der Waals surface area contributed by atoms with E-state index in [1.165, 1.54) is 0 Å². The molecule has 1 saturated carbocycles. The fraction of sp³-hybridized carbons (Fsp3) is 0.526. The van der Waals surface area contributed by atoms with Crippen LogP contribution in [0.4, 0.5) is 10.5 Å². The van der Waals surface area contributed by atoms with E-state index in [4.69, 9.17) is 13.9 Å². The Morgan fingerprint density at radius 3 is 2.26 bits per heavy atom. The number of methoxy groups -OCH3 is 2. The number of urea groups is 1. The molecule has 1 aromatic carbocycles. The van der Waals surface area contributed by atoms with Gasteiger partial charge in [-0.3, -0.25) is 0 Å². The lowest BCUT2D eigenvalue weighted by atomic mass is 9.97. The number of amides is 2. The van der Waals surface area contributed by atoms with Crippen LogP contribution in [0.1, 0.15) is 49.3 Å². The summed E-state index contributed by atoms with van der Waals surface area (Å²) < 4.78 is 16.3. The molecule has 1 aliphatic carbocycles. The van der Waals surface area contributed by atoms with Crippen molar-refractivity contribution in [2.24, 2.45) is 0 Å². The Hall–Kier alpha value is -2.77. The molecule has 144 valence electrons. The third-order valence-electron chi connectivity index (χ3n) is 5.15. The SMILES string of the molecule is COc1ccc(NC(=O)N2CCC(c3nnc(C4CC4)o3)CC2)cc1OC. The number of carbonyl (C=O) groups is 1. The van der Waals surface area contributed by atoms with Crippen molar-refractivity contribution in [1.82, 2.24) is 15.1 Å². The topological polar surface area (TPSA) is 89.7 Å². The standard InChI is InChI=1S/C19H24N4O4/c1-25-15-6-5-14(11-16(15)26-2)20-19(24)23-9-7-13(8-10-23)18-22-21-17(27-18)12-3-4-12/h5-6,11-13H,3-4,7-10H2,1-2H3,(H,20,24). The quantitative estimate of drug-likeness (QED) is 0.865. The van der Waals surface area contributed by atoms with Gasteiger partial charge in [0.1, 0.15) is 0 Å². The maximum Gasteiger partial charge on any atom is 0.321 e. The molecule has 2 amide bonds. The van der Waals surface area contributed by atoms with Crippen LogP contribution in [0.3, 0.4) is 0 Å². The molecule has 4 rings (SSSR count). The summed E-state index contributed by atoms with van der Waals surface area (Å²) in [6, 6.07) is 5.20. The van der Waals surface area contributed by atoms with Crippen molar-refractivity contribution in [3.63, 3.8) is 0 Å². The van der Waals surface area contributed by atoms with Crippen LogP contribution in [0.5, 0.6) is 11.5 Å². The predicted octanol–water partition coefficient (Wildman–Crippen LogP) is 3.38. The fourth-order valence-corrected chi connectivity index (χ4v) is 3.35. The molecule has 0 bridgehead atoms. The van der Waals surface area contributed by atoms with Gasteiger partial charge in [-0.1, -0.05) is 0 Å². The Morgan fingerprint density at radius 1 is 1.04 bits per heavy atom. The average molecular weight is 372 g/mol. The first-order valence-corrected chi connectivity index (χ1v) is 9.29. The Morgan fingerprint density at radius 2 is 1.67 bits per heavy atom. The Labute approximate surface area is 157 Å². The lowest BCUT2D eigenvalue weighted by Crippen LogP contribution is -2.40. The van der Waals surface area contributed by atoms with Crippen molar-refractivity contribution in [3.05, 3.63) is 30.0 Å². The van der Waals surface area contributed by atoms with Crippen LogP contribution in [0.25, 0.3) is 0 Å². The number of rotatable bonds is 5. The highest BCUT2D eigenvalue weighted by Gasteiger charge is 2.32. The minimum atomic E-state index is -0.120. The van der Waals surface area contributed by atoms with Crippen molar-refractivity contribution in [2.45, 2.75) is 37.5 Å². The van der Waals surface area contributed by atoms with Crippen LogP contribution in [-0.4, -0.2) is 48.4 Å². The second-order valence-corrected chi connectivity index (χ2v) is 7.01. The third kappa shape index (κ3) is 3.84. The van der Waals surface area contributed by atoms with Gasteiger partial charge in [0.15, 0.2) is 11.5 Å². The molecule has 1 N–H and O–H groups in total. The smallest absolute Gasteiger partial charge is 0.321 e. The normalized spacial score (nSPS) is 17.6. The molecule has 2 fully saturated rings. The summed E-state index contributed by atoms with van der Waals surface area (Å²) in [6.07, 6.45) is 3.95. The summed E-state index contributed by atoms with van der Waals surface area (Å²) in [4.78, 5) is 14.4. The van der Waals surface area contributed by atoms with Crippen LogP contribution in [0, 0.1) is 0 Å². The van der Waals surface area contributed by atoms with Gasteiger partial charge in [0.25, 0.3) is 0 Å². The number of carbonyl (C=O) groups excluding carboxylic acids is 1. The summed E-state index contributed by atoms with van der Waals surface area (Å²) >= 11 is 0. The molecule has 2 aliphatic rings. The summed E-state index contributed by atoms with van der Waals surface area (Å²) in [5.74, 6) is 3.41. The minimum absolute atomic E-state index is 0.120. The van der Waals surface area contributed by atoms with Gasteiger partial charge in [0.05, 0.1) is 14.2 Å². The van der Waals surface area contributed by atoms with E-state index in [-0.39, 0.29) is 11.9 Å². The van der Waals surface area contributed by atoms with E-state index in [0.29, 0.717) is 36.2 Å². The minimum Gasteiger partial charge on any atom is -0.493 e. The Bertz CT molecular complexity index is 810. The monoisotopic (exact) mass is 372 g/mol. The molecular weight excluding hydrogens is 348 g/mol. The lowest BCUT2D eigenvalue weighted by molar-refractivity contribution is 0.189. The van der Waals surface area contributed by atoms with E-state index in [1.807, 2.05) is 4.90 Å². The van der Waals surface area contributed by atoms with E-state index >= 15 is 0 Å². The zero-order valence-corrected chi connectivity index (χ0v) is 15.6. The highest BCUT2D eigenvalue weighted by atomic mass is 16.5. The van der Waals surface area contributed by atoms with Gasteiger partial charge >= 0.3 is 6.03 Å². The first kappa shape index (κ1) is 17.6. The van der Waals surface area contributed by atoms with E-state index < -0.39 is 0 Å². The highest BCUT2D eigenvalue weighted by molar-refractivity contribution is 5.89. The van der Waals surface area contributed by atoms with Gasteiger partial charge in [-0.15, -0.1) is 10.2 Å². The number of likely N-dealkylation sites (tertiary alicyclic amines) is 1. The van der Waals surface area contributed by atoms with Crippen LogP contribution in [0.15, 0.2) is 22.6 Å². The molecule has 1 aromatic heterocycles. The number of benzene rings is 1. The molecule has 8 heteroatoms. The maximum atomic E-state index is 12.6. The van der Waals surface area contributed by atoms with Crippen molar-refractivity contribution < 1.29 is 18.7 Å². The van der Waals surface area contributed by atoms with Crippen molar-refractivity contribution >= 4 is 11.7 Å². The molecule has 8 nitrogen and oxygen atoms in total. The summed E-state index contributed by atoms with van der Waals surface area (Å²) in [6.45, 7) is 1.32. The second-order valence-electron chi connectivity index (χ2n) is 7.01. The number of nitrogens with one attached hydrogen (secondary N) is 1. The van der Waals surface area contributed by atoms with Crippen molar-refractivity contribution in [1.29, 1.82) is 0 Å². The van der Waals surface area contributed by atoms with Gasteiger partial charge < -0.3 is 24.1 Å². The average Bonchev–Trinajstić information content (AvgIpc) is 3.44. The van der Waals surface area contributed by atoms with Gasteiger partial charge in [-0.2, -0.15) is 0 Å². The molecule has 0 atom stereocenters. The van der Waals surface area contributed by atoms with Crippen molar-refractivity contribution in [2.75, 3.05) is 32.6 Å². The van der Waals surface area contributed by atoms with Crippen LogP contribution >= 0.6 is 0 Å². The number of hydrogen-bond acceptors (Lipinski definition) is 6. The van der Waals surface area contributed by atoms with E-state index in [1.54, 1.807) is 32.4 Å². The third-order valence-corrected chi connectivity index (χ3v) is 5.15. The molecule has 1 aliphatic heterocycles. The number of hydrogen-bond donors (Lipinski definition) is 1. The molecule has 1 saturated heterocycles. The van der Waals surface area contributed by atoms with Crippen molar-refractivity contribution in [3.8, 4) is 11.5 Å². The van der Waals surface area contributed by atoms with E-state index in [9.17, 15) is 4.79 Å². The Kier molecular flexibility index (Phi) is 4.87. The number of nitrogens with zero attached hydrogens (tertiary/aromatic N) is 3. The molecule has 2 aromatic rings. The van der Waals surface area contributed by atoms with Crippen LogP contribution in [0.2, 0.25) is 0 Å². The van der Waals surface area contributed by atoms with Gasteiger partial charge in [-0.05, 0) is 37.8 Å². The molecule has 0 radical (unpaired) electrons. The highest BCUT2D eigenvalue weighted by Crippen LogP contribution is 2.40. The summed E-state index contributed by atoms with van der Waals surface area (Å²) in [5.41, 5.74) is 0.672. The Balaban J connectivity index is 1.33. The molecule has 27 heavy (non-hydrogen) atoms. The van der Waals surface area contributed by atoms with Crippen LogP contribution in [-0.2, 0) is 0 Å². The fourth-order valence-electron chi connectivity index (χ4n) is 3.35. The molecule has 0 unspecified atom stereocenters. The van der Waals surface area contributed by atoms with Gasteiger partial charge in [0, 0.05) is 36.7 Å². The number of aromatic nitrogens is 2. The van der Waals surface area contributed by atoms with E-state index in [0.717, 1.165) is 37.5 Å². The number of piperidine rings is 1. The summed E-state index contributed by atoms with van der Waals surface area (Å²) in [5, 5.41) is 11.3. The van der Waals surface area contributed by atoms with Gasteiger partial charge in [-0.25, -0.2) is 4.79 Å². The second kappa shape index (κ2) is 7.46. The molecule has 0 spiro atoms. The first-order valence-electron chi connectivity index (χ1n) is 9.29. The summed E-state index contributed by atoms with van der Waals surface area (Å²) in [7, 11) is 3.15.